The molecule has 1 N–H and O–H groups in total. The van der Waals surface area contributed by atoms with Crippen LogP contribution in [0.25, 0.3) is 22.3 Å². The van der Waals surface area contributed by atoms with Crippen molar-refractivity contribution in [2.24, 2.45) is 0 Å². The fraction of sp³-hybridized carbons (Fsp3) is 0.214. The van der Waals surface area contributed by atoms with Gasteiger partial charge >= 0.3 is 0 Å². The number of hydrogen-bond acceptors (Lipinski definition) is 4. The number of ether oxygens (including phenoxy) is 1. The van der Waals surface area contributed by atoms with Gasteiger partial charge in [-0.15, -0.1) is 0 Å². The van der Waals surface area contributed by atoms with Crippen LogP contribution in [0.3, 0.4) is 0 Å². The van der Waals surface area contributed by atoms with Crippen LogP contribution < -0.4 is 15.5 Å². The van der Waals surface area contributed by atoms with E-state index in [1.807, 2.05) is 48.5 Å². The van der Waals surface area contributed by atoms with Crippen molar-refractivity contribution < 1.29 is 13.9 Å². The Morgan fingerprint density at radius 2 is 1.70 bits per heavy atom. The average Bonchev–Trinajstić information content (AvgIpc) is 2.81. The first kappa shape index (κ1) is 22.3. The van der Waals surface area contributed by atoms with Gasteiger partial charge in [-0.2, -0.15) is 0 Å². The number of rotatable bonds is 4. The molecule has 0 atom stereocenters. The molecule has 0 fully saturated rings. The maximum atomic E-state index is 13.4. The van der Waals surface area contributed by atoms with E-state index in [-0.39, 0.29) is 27.9 Å². The van der Waals surface area contributed by atoms with Crippen LogP contribution in [0.2, 0.25) is 0 Å². The number of anilines is 1. The van der Waals surface area contributed by atoms with E-state index in [0.717, 1.165) is 11.1 Å². The molecule has 1 aromatic heterocycles. The van der Waals surface area contributed by atoms with Crippen LogP contribution in [0, 0.1) is 6.92 Å². The number of benzene rings is 3. The van der Waals surface area contributed by atoms with Gasteiger partial charge in [0.1, 0.15) is 11.5 Å². The smallest absolute Gasteiger partial charge is 0.259 e. The molecule has 0 radical (unpaired) electrons. The molecule has 0 saturated carbocycles. The second-order valence-electron chi connectivity index (χ2n) is 9.05. The minimum atomic E-state index is -0.379. The summed E-state index contributed by atoms with van der Waals surface area (Å²) in [5.41, 5.74) is 3.20. The Morgan fingerprint density at radius 3 is 2.36 bits per heavy atom. The molecule has 168 valence electrons. The van der Waals surface area contributed by atoms with E-state index in [0.29, 0.717) is 28.1 Å². The lowest BCUT2D eigenvalue weighted by Gasteiger charge is -2.21. The first-order valence-electron chi connectivity index (χ1n) is 10.8. The van der Waals surface area contributed by atoms with E-state index in [4.69, 9.17) is 9.15 Å². The summed E-state index contributed by atoms with van der Waals surface area (Å²) in [6.07, 6.45) is 0. The van der Waals surface area contributed by atoms with Crippen molar-refractivity contribution >= 4 is 22.6 Å². The van der Waals surface area contributed by atoms with Gasteiger partial charge in [0.25, 0.3) is 5.91 Å². The third-order valence-corrected chi connectivity index (χ3v) is 5.74. The van der Waals surface area contributed by atoms with Crippen LogP contribution in [-0.2, 0) is 5.41 Å². The third-order valence-electron chi connectivity index (χ3n) is 5.74. The molecule has 0 saturated heterocycles. The van der Waals surface area contributed by atoms with E-state index in [9.17, 15) is 9.59 Å². The number of hydrogen-bond donors (Lipinski definition) is 1. The summed E-state index contributed by atoms with van der Waals surface area (Å²) in [4.78, 5) is 26.5. The summed E-state index contributed by atoms with van der Waals surface area (Å²) in [7, 11) is 1.56. The maximum Gasteiger partial charge on any atom is 0.259 e. The second-order valence-corrected chi connectivity index (χ2v) is 9.05. The predicted molar refractivity (Wildman–Crippen MR) is 132 cm³/mol. The standard InChI is InChI=1S/C28H27NO4/c1-17-24(30)20-12-9-13-21(26(20)33-25(17)18-10-7-6-8-11-18)27(31)29-22-16-19(28(2,3)4)14-15-23(22)32-5/h6-16H,1-5H3,(H,29,31). The first-order valence-corrected chi connectivity index (χ1v) is 10.8. The van der Waals surface area contributed by atoms with Gasteiger partial charge in [0.2, 0.25) is 0 Å². The van der Waals surface area contributed by atoms with Crippen LogP contribution in [0.4, 0.5) is 5.69 Å². The summed E-state index contributed by atoms with van der Waals surface area (Å²) < 4.78 is 11.7. The molecule has 0 bridgehead atoms. The topological polar surface area (TPSA) is 68.5 Å². The van der Waals surface area contributed by atoms with Crippen molar-refractivity contribution in [1.82, 2.24) is 0 Å². The Labute approximate surface area is 193 Å². The zero-order valence-electron chi connectivity index (χ0n) is 19.5. The van der Waals surface area contributed by atoms with E-state index >= 15 is 0 Å². The van der Waals surface area contributed by atoms with Crippen LogP contribution in [-0.4, -0.2) is 13.0 Å². The molecular formula is C28H27NO4. The maximum absolute atomic E-state index is 13.4. The normalized spacial score (nSPS) is 11.4. The fourth-order valence-corrected chi connectivity index (χ4v) is 3.82. The molecule has 1 amide bonds. The van der Waals surface area contributed by atoms with Crippen molar-refractivity contribution in [2.45, 2.75) is 33.1 Å². The van der Waals surface area contributed by atoms with Gasteiger partial charge in [-0.05, 0) is 42.2 Å². The van der Waals surface area contributed by atoms with Crippen molar-refractivity contribution in [2.75, 3.05) is 12.4 Å². The van der Waals surface area contributed by atoms with Gasteiger partial charge < -0.3 is 14.5 Å². The van der Waals surface area contributed by atoms with Crippen LogP contribution >= 0.6 is 0 Å². The van der Waals surface area contributed by atoms with E-state index < -0.39 is 0 Å². The van der Waals surface area contributed by atoms with Gasteiger partial charge in [0, 0.05) is 11.1 Å². The summed E-state index contributed by atoms with van der Waals surface area (Å²) >= 11 is 0. The highest BCUT2D eigenvalue weighted by Crippen LogP contribution is 2.33. The van der Waals surface area contributed by atoms with E-state index in [1.165, 1.54) is 0 Å². The number of amides is 1. The quantitative estimate of drug-likeness (QED) is 0.402. The average molecular weight is 442 g/mol. The molecule has 5 nitrogen and oxygen atoms in total. The van der Waals surface area contributed by atoms with Gasteiger partial charge in [-0.1, -0.05) is 63.2 Å². The van der Waals surface area contributed by atoms with Gasteiger partial charge in [-0.25, -0.2) is 0 Å². The molecule has 4 rings (SSSR count). The zero-order chi connectivity index (χ0) is 23.8. The highest BCUT2D eigenvalue weighted by Gasteiger charge is 2.21. The first-order chi connectivity index (χ1) is 15.7. The summed E-state index contributed by atoms with van der Waals surface area (Å²) in [5.74, 6) is 0.635. The van der Waals surface area contributed by atoms with Crippen molar-refractivity contribution in [1.29, 1.82) is 0 Å². The molecule has 33 heavy (non-hydrogen) atoms. The lowest BCUT2D eigenvalue weighted by atomic mass is 9.87. The van der Waals surface area contributed by atoms with Crippen molar-refractivity contribution in [3.63, 3.8) is 0 Å². The molecule has 0 aliphatic rings. The summed E-state index contributed by atoms with van der Waals surface area (Å²) in [6.45, 7) is 8.05. The Kier molecular flexibility index (Phi) is 5.81. The lowest BCUT2D eigenvalue weighted by molar-refractivity contribution is 0.102. The monoisotopic (exact) mass is 441 g/mol. The van der Waals surface area contributed by atoms with Crippen LogP contribution in [0.15, 0.2) is 75.9 Å². The Hall–Kier alpha value is -3.86. The Bertz CT molecular complexity index is 1400. The van der Waals surface area contributed by atoms with E-state index in [1.54, 1.807) is 32.2 Å². The molecule has 1 heterocycles. The molecular weight excluding hydrogens is 414 g/mol. The highest BCUT2D eigenvalue weighted by atomic mass is 16.5. The fourth-order valence-electron chi connectivity index (χ4n) is 3.82. The van der Waals surface area contributed by atoms with Gasteiger partial charge in [0.05, 0.1) is 23.7 Å². The minimum Gasteiger partial charge on any atom is -0.495 e. The third kappa shape index (κ3) is 4.27. The second kappa shape index (κ2) is 8.58. The number of nitrogens with one attached hydrogen (secondary N) is 1. The van der Waals surface area contributed by atoms with Crippen LogP contribution in [0.5, 0.6) is 5.75 Å². The van der Waals surface area contributed by atoms with Gasteiger partial charge in [-0.3, -0.25) is 9.59 Å². The molecule has 3 aromatic carbocycles. The summed E-state index contributed by atoms with van der Waals surface area (Å²) in [6, 6.07) is 20.2. The van der Waals surface area contributed by atoms with E-state index in [2.05, 4.69) is 26.1 Å². The number of fused-ring (bicyclic) bond motifs is 1. The largest absolute Gasteiger partial charge is 0.495 e. The molecule has 0 aliphatic heterocycles. The molecule has 0 spiro atoms. The molecule has 5 heteroatoms. The Balaban J connectivity index is 1.83. The number of para-hydroxylation sites is 1. The molecule has 4 aromatic rings. The number of carbonyl (C=O) groups excluding carboxylic acids is 1. The zero-order valence-corrected chi connectivity index (χ0v) is 19.5. The lowest BCUT2D eigenvalue weighted by Crippen LogP contribution is -2.17. The number of methoxy groups -OCH3 is 1. The summed E-state index contributed by atoms with van der Waals surface area (Å²) in [5, 5.41) is 3.32. The number of carbonyl (C=O) groups is 1. The Morgan fingerprint density at radius 1 is 0.970 bits per heavy atom. The van der Waals surface area contributed by atoms with Crippen LogP contribution in [0.1, 0.15) is 42.3 Å². The molecule has 0 aliphatic carbocycles. The van der Waals surface area contributed by atoms with Gasteiger partial charge in [0.15, 0.2) is 11.0 Å². The molecule has 0 unspecified atom stereocenters. The highest BCUT2D eigenvalue weighted by molar-refractivity contribution is 6.12. The minimum absolute atomic E-state index is 0.0971. The SMILES string of the molecule is COc1ccc(C(C)(C)C)cc1NC(=O)c1cccc2c(=O)c(C)c(-c3ccccc3)oc12. The predicted octanol–water partition coefficient (Wildman–Crippen LogP) is 6.33. The van der Waals surface area contributed by atoms with Crippen molar-refractivity contribution in [3.05, 3.63) is 93.6 Å². The van der Waals surface area contributed by atoms with Crippen molar-refractivity contribution in [3.8, 4) is 17.1 Å².